The Morgan fingerprint density at radius 1 is 1.07 bits per heavy atom. The quantitative estimate of drug-likeness (QED) is 0.722. The molecule has 144 valence electrons. The fraction of sp³-hybridized carbons (Fsp3) is 0.286. The second-order valence-corrected chi connectivity index (χ2v) is 7.03. The molecule has 1 atom stereocenters. The fourth-order valence-electron chi connectivity index (χ4n) is 3.45. The number of hydrogen-bond donors (Lipinski definition) is 1. The molecule has 4 rings (SSSR count). The van der Waals surface area contributed by atoms with Gasteiger partial charge in [-0.15, -0.1) is 0 Å². The molecule has 7 heteroatoms. The molecule has 0 unspecified atom stereocenters. The molecule has 0 aliphatic carbocycles. The van der Waals surface area contributed by atoms with Crippen molar-refractivity contribution in [3.05, 3.63) is 66.1 Å². The summed E-state index contributed by atoms with van der Waals surface area (Å²) < 4.78 is 26.6. The van der Waals surface area contributed by atoms with Crippen LogP contribution in [0.15, 0.2) is 48.8 Å². The van der Waals surface area contributed by atoms with Gasteiger partial charge in [0.15, 0.2) is 17.5 Å². The minimum Gasteiger partial charge on any atom is -0.371 e. The van der Waals surface area contributed by atoms with Gasteiger partial charge in [0.25, 0.3) is 0 Å². The minimum atomic E-state index is -0.815. The minimum absolute atomic E-state index is 0.396. The van der Waals surface area contributed by atoms with Crippen LogP contribution in [0.25, 0.3) is 11.4 Å². The SMILES string of the molecule is Cc1cc(NC[C@@H]2CCN(c3ccc(F)c(F)c3)C2)nc(-c2ccncc2)n1. The molecule has 0 spiro atoms. The molecule has 3 aromatic rings. The van der Waals surface area contributed by atoms with E-state index in [-0.39, 0.29) is 0 Å². The summed E-state index contributed by atoms with van der Waals surface area (Å²) in [5.41, 5.74) is 2.53. The maximum absolute atomic E-state index is 13.5. The van der Waals surface area contributed by atoms with Crippen LogP contribution in [0.2, 0.25) is 0 Å². The third-order valence-corrected chi connectivity index (χ3v) is 4.92. The standard InChI is InChI=1S/C21H21F2N5/c1-14-10-20(27-21(26-14)16-4-7-24-8-5-16)25-12-15-6-9-28(13-15)17-2-3-18(22)19(23)11-17/h2-5,7-8,10-11,15H,6,9,12-13H2,1H3,(H,25,26,27)/t15-/m0/s1. The molecule has 0 amide bonds. The predicted molar refractivity (Wildman–Crippen MR) is 105 cm³/mol. The number of halogens is 2. The zero-order valence-corrected chi connectivity index (χ0v) is 15.6. The second kappa shape index (κ2) is 7.88. The van der Waals surface area contributed by atoms with E-state index in [9.17, 15) is 8.78 Å². The van der Waals surface area contributed by atoms with Crippen molar-refractivity contribution in [3.8, 4) is 11.4 Å². The Kier molecular flexibility index (Phi) is 5.14. The fourth-order valence-corrected chi connectivity index (χ4v) is 3.45. The van der Waals surface area contributed by atoms with Crippen LogP contribution in [0, 0.1) is 24.5 Å². The van der Waals surface area contributed by atoms with Crippen molar-refractivity contribution in [2.75, 3.05) is 29.9 Å². The molecule has 3 heterocycles. The summed E-state index contributed by atoms with van der Waals surface area (Å²) in [7, 11) is 0. The largest absolute Gasteiger partial charge is 0.371 e. The highest BCUT2D eigenvalue weighted by Gasteiger charge is 2.23. The van der Waals surface area contributed by atoms with Crippen LogP contribution in [-0.2, 0) is 0 Å². The van der Waals surface area contributed by atoms with Gasteiger partial charge in [-0.1, -0.05) is 0 Å². The van der Waals surface area contributed by atoms with Gasteiger partial charge in [0.2, 0.25) is 0 Å². The Morgan fingerprint density at radius 3 is 2.68 bits per heavy atom. The molecule has 0 bridgehead atoms. The van der Waals surface area contributed by atoms with Gasteiger partial charge in [0.05, 0.1) is 0 Å². The molecule has 1 aliphatic heterocycles. The van der Waals surface area contributed by atoms with E-state index in [4.69, 9.17) is 0 Å². The van der Waals surface area contributed by atoms with Crippen molar-refractivity contribution in [3.63, 3.8) is 0 Å². The molecule has 1 aromatic carbocycles. The highest BCUT2D eigenvalue weighted by molar-refractivity contribution is 5.56. The maximum Gasteiger partial charge on any atom is 0.161 e. The summed E-state index contributed by atoms with van der Waals surface area (Å²) in [6.45, 7) is 4.31. The molecule has 28 heavy (non-hydrogen) atoms. The highest BCUT2D eigenvalue weighted by atomic mass is 19.2. The van der Waals surface area contributed by atoms with Crippen molar-refractivity contribution < 1.29 is 8.78 Å². The van der Waals surface area contributed by atoms with Crippen molar-refractivity contribution in [2.24, 2.45) is 5.92 Å². The number of rotatable bonds is 5. The van der Waals surface area contributed by atoms with Crippen LogP contribution in [0.3, 0.4) is 0 Å². The first kappa shape index (κ1) is 18.3. The maximum atomic E-state index is 13.5. The first-order valence-electron chi connectivity index (χ1n) is 9.28. The lowest BCUT2D eigenvalue weighted by atomic mass is 10.1. The Labute approximate surface area is 162 Å². The summed E-state index contributed by atoms with van der Waals surface area (Å²) in [6.07, 6.45) is 4.42. The van der Waals surface area contributed by atoms with Crippen molar-refractivity contribution in [2.45, 2.75) is 13.3 Å². The smallest absolute Gasteiger partial charge is 0.161 e. The second-order valence-electron chi connectivity index (χ2n) is 7.03. The van der Waals surface area contributed by atoms with Crippen LogP contribution in [-0.4, -0.2) is 34.6 Å². The first-order valence-corrected chi connectivity index (χ1v) is 9.28. The van der Waals surface area contributed by atoms with E-state index in [2.05, 4.69) is 25.2 Å². The van der Waals surface area contributed by atoms with Crippen molar-refractivity contribution in [1.82, 2.24) is 15.0 Å². The topological polar surface area (TPSA) is 53.9 Å². The molecule has 1 saturated heterocycles. The molecular weight excluding hydrogens is 360 g/mol. The van der Waals surface area contributed by atoms with Crippen molar-refractivity contribution >= 4 is 11.5 Å². The van der Waals surface area contributed by atoms with Gasteiger partial charge in [-0.2, -0.15) is 0 Å². The molecule has 2 aromatic heterocycles. The molecule has 1 aliphatic rings. The number of nitrogens with zero attached hydrogens (tertiary/aromatic N) is 4. The lowest BCUT2D eigenvalue weighted by Gasteiger charge is -2.19. The van der Waals surface area contributed by atoms with Gasteiger partial charge in [0.1, 0.15) is 5.82 Å². The van der Waals surface area contributed by atoms with Crippen LogP contribution in [0.1, 0.15) is 12.1 Å². The normalized spacial score (nSPS) is 16.4. The van der Waals surface area contributed by atoms with Gasteiger partial charge >= 0.3 is 0 Å². The van der Waals surface area contributed by atoms with Gasteiger partial charge in [-0.3, -0.25) is 4.98 Å². The Morgan fingerprint density at radius 2 is 1.89 bits per heavy atom. The number of pyridine rings is 1. The number of anilines is 2. The zero-order chi connectivity index (χ0) is 19.5. The van der Waals surface area contributed by atoms with E-state index in [0.29, 0.717) is 11.7 Å². The average Bonchev–Trinajstić information content (AvgIpc) is 3.18. The first-order chi connectivity index (χ1) is 13.6. The summed E-state index contributed by atoms with van der Waals surface area (Å²) in [6, 6.07) is 9.76. The summed E-state index contributed by atoms with van der Waals surface area (Å²) in [5, 5.41) is 3.40. The van der Waals surface area contributed by atoms with E-state index in [0.717, 1.165) is 48.8 Å². The number of benzene rings is 1. The molecule has 0 radical (unpaired) electrons. The van der Waals surface area contributed by atoms with Gasteiger partial charge in [-0.25, -0.2) is 18.7 Å². The molecule has 0 saturated carbocycles. The van der Waals surface area contributed by atoms with E-state index in [1.54, 1.807) is 18.5 Å². The molecule has 1 fully saturated rings. The number of aromatic nitrogens is 3. The monoisotopic (exact) mass is 381 g/mol. The van der Waals surface area contributed by atoms with E-state index in [1.807, 2.05) is 25.1 Å². The third-order valence-electron chi connectivity index (χ3n) is 4.92. The predicted octanol–water partition coefficient (Wildman–Crippen LogP) is 4.06. The van der Waals surface area contributed by atoms with Crippen LogP contribution in [0.4, 0.5) is 20.3 Å². The molecular formula is C21H21F2N5. The van der Waals surface area contributed by atoms with Crippen molar-refractivity contribution in [1.29, 1.82) is 0 Å². The Bertz CT molecular complexity index is 964. The Balaban J connectivity index is 1.40. The highest BCUT2D eigenvalue weighted by Crippen LogP contribution is 2.26. The van der Waals surface area contributed by atoms with Gasteiger partial charge in [0, 0.05) is 61.1 Å². The van der Waals surface area contributed by atoms with Crippen LogP contribution >= 0.6 is 0 Å². The number of nitrogens with one attached hydrogen (secondary N) is 1. The molecule has 5 nitrogen and oxygen atoms in total. The lowest BCUT2D eigenvalue weighted by Crippen LogP contribution is -2.23. The van der Waals surface area contributed by atoms with E-state index in [1.165, 1.54) is 12.1 Å². The van der Waals surface area contributed by atoms with Crippen LogP contribution < -0.4 is 10.2 Å². The van der Waals surface area contributed by atoms with Gasteiger partial charge < -0.3 is 10.2 Å². The third kappa shape index (κ3) is 4.08. The number of hydrogen-bond acceptors (Lipinski definition) is 5. The van der Waals surface area contributed by atoms with E-state index >= 15 is 0 Å². The van der Waals surface area contributed by atoms with E-state index < -0.39 is 11.6 Å². The van der Waals surface area contributed by atoms with Crippen LogP contribution in [0.5, 0.6) is 0 Å². The Hall–Kier alpha value is -3.09. The zero-order valence-electron chi connectivity index (χ0n) is 15.6. The average molecular weight is 381 g/mol. The summed E-state index contributed by atoms with van der Waals surface area (Å²) in [4.78, 5) is 15.2. The lowest BCUT2D eigenvalue weighted by molar-refractivity contribution is 0.508. The number of aryl methyl sites for hydroxylation is 1. The van der Waals surface area contributed by atoms with Gasteiger partial charge in [-0.05, 0) is 43.5 Å². The molecule has 1 N–H and O–H groups in total. The summed E-state index contributed by atoms with van der Waals surface area (Å²) in [5.74, 6) is 0.225. The summed E-state index contributed by atoms with van der Waals surface area (Å²) >= 11 is 0.